The first kappa shape index (κ1) is 15.2. The third-order valence-corrected chi connectivity index (χ3v) is 3.49. The summed E-state index contributed by atoms with van der Waals surface area (Å²) in [5.74, 6) is -0.891. The molecule has 0 bridgehead atoms. The Kier molecular flexibility index (Phi) is 4.12. The predicted octanol–water partition coefficient (Wildman–Crippen LogP) is 3.21. The summed E-state index contributed by atoms with van der Waals surface area (Å²) in [5.41, 5.74) is 2.17. The standard InChI is InChI=1S/C15H12ClFN4O2/c1-23-15(22)6-12-9-4-8(2-3-11(9)20-21-12)19-13-5-14(16)18-7-10(13)17/h2-5,7H,6H2,1H3,(H,18,19)(H,20,21). The molecule has 0 amide bonds. The number of carbonyl (C=O) groups excluding carboxylic acids is 1. The second-order valence-corrected chi connectivity index (χ2v) is 5.19. The van der Waals surface area contributed by atoms with E-state index in [1.807, 2.05) is 0 Å². The summed E-state index contributed by atoms with van der Waals surface area (Å²) in [5, 5.41) is 10.8. The van der Waals surface area contributed by atoms with E-state index < -0.39 is 5.82 Å². The highest BCUT2D eigenvalue weighted by molar-refractivity contribution is 6.29. The number of hydrogen-bond donors (Lipinski definition) is 2. The Balaban J connectivity index is 1.94. The largest absolute Gasteiger partial charge is 0.469 e. The number of H-pyrrole nitrogens is 1. The van der Waals surface area contributed by atoms with Gasteiger partial charge in [0.1, 0.15) is 5.15 Å². The number of methoxy groups -OCH3 is 1. The molecule has 2 N–H and O–H groups in total. The first-order chi connectivity index (χ1) is 11.1. The Bertz CT molecular complexity index is 881. The smallest absolute Gasteiger partial charge is 0.311 e. The van der Waals surface area contributed by atoms with Crippen LogP contribution in [-0.4, -0.2) is 28.3 Å². The molecule has 0 atom stereocenters. The van der Waals surface area contributed by atoms with Gasteiger partial charge < -0.3 is 10.1 Å². The molecule has 0 saturated heterocycles. The monoisotopic (exact) mass is 334 g/mol. The molecule has 8 heteroatoms. The van der Waals surface area contributed by atoms with E-state index in [-0.39, 0.29) is 23.2 Å². The average molecular weight is 335 g/mol. The molecule has 0 radical (unpaired) electrons. The molecule has 0 fully saturated rings. The number of anilines is 2. The second-order valence-electron chi connectivity index (χ2n) is 4.80. The molecular formula is C15H12ClFN4O2. The summed E-state index contributed by atoms with van der Waals surface area (Å²) in [6.45, 7) is 0. The number of rotatable bonds is 4. The van der Waals surface area contributed by atoms with Gasteiger partial charge in [0, 0.05) is 17.1 Å². The fourth-order valence-corrected chi connectivity index (χ4v) is 2.31. The summed E-state index contributed by atoms with van der Waals surface area (Å²) < 4.78 is 18.4. The fraction of sp³-hybridized carbons (Fsp3) is 0.133. The number of fused-ring (bicyclic) bond motifs is 1. The number of hydrogen-bond acceptors (Lipinski definition) is 5. The zero-order chi connectivity index (χ0) is 16.4. The molecule has 23 heavy (non-hydrogen) atoms. The van der Waals surface area contributed by atoms with Crippen molar-refractivity contribution in [3.8, 4) is 0 Å². The van der Waals surface area contributed by atoms with Crippen LogP contribution in [0.5, 0.6) is 0 Å². The third-order valence-electron chi connectivity index (χ3n) is 3.28. The first-order valence-corrected chi connectivity index (χ1v) is 7.06. The van der Waals surface area contributed by atoms with Crippen LogP contribution in [0.25, 0.3) is 10.9 Å². The van der Waals surface area contributed by atoms with Crippen LogP contribution in [0.3, 0.4) is 0 Å². The Labute approximate surface area is 135 Å². The highest BCUT2D eigenvalue weighted by atomic mass is 35.5. The van der Waals surface area contributed by atoms with E-state index in [4.69, 9.17) is 11.6 Å². The van der Waals surface area contributed by atoms with Gasteiger partial charge in [0.25, 0.3) is 0 Å². The predicted molar refractivity (Wildman–Crippen MR) is 84.3 cm³/mol. The number of ether oxygens (including phenoxy) is 1. The maximum Gasteiger partial charge on any atom is 0.311 e. The van der Waals surface area contributed by atoms with Gasteiger partial charge in [-0.25, -0.2) is 9.37 Å². The van der Waals surface area contributed by atoms with Crippen LogP contribution in [-0.2, 0) is 16.0 Å². The van der Waals surface area contributed by atoms with Crippen LogP contribution in [0, 0.1) is 5.82 Å². The molecule has 3 rings (SSSR count). The number of aromatic amines is 1. The number of nitrogens with one attached hydrogen (secondary N) is 2. The van der Waals surface area contributed by atoms with E-state index in [9.17, 15) is 9.18 Å². The van der Waals surface area contributed by atoms with Crippen LogP contribution in [0.15, 0.2) is 30.5 Å². The summed E-state index contributed by atoms with van der Waals surface area (Å²) >= 11 is 5.77. The molecule has 118 valence electrons. The first-order valence-electron chi connectivity index (χ1n) is 6.68. The van der Waals surface area contributed by atoms with Crippen molar-refractivity contribution in [2.45, 2.75) is 6.42 Å². The van der Waals surface area contributed by atoms with Gasteiger partial charge in [0.2, 0.25) is 0 Å². The van der Waals surface area contributed by atoms with Crippen LogP contribution < -0.4 is 5.32 Å². The van der Waals surface area contributed by atoms with Gasteiger partial charge in [-0.15, -0.1) is 0 Å². The lowest BCUT2D eigenvalue weighted by atomic mass is 10.1. The van der Waals surface area contributed by atoms with Gasteiger partial charge in [-0.2, -0.15) is 5.10 Å². The number of benzene rings is 1. The van der Waals surface area contributed by atoms with Crippen molar-refractivity contribution >= 4 is 39.8 Å². The number of nitrogens with zero attached hydrogens (tertiary/aromatic N) is 2. The second kappa shape index (κ2) is 6.21. The van der Waals surface area contributed by atoms with Crippen LogP contribution in [0.1, 0.15) is 5.69 Å². The van der Waals surface area contributed by atoms with E-state index in [1.165, 1.54) is 13.2 Å². The fourth-order valence-electron chi connectivity index (χ4n) is 2.16. The highest BCUT2D eigenvalue weighted by Crippen LogP contribution is 2.26. The quantitative estimate of drug-likeness (QED) is 0.565. The van der Waals surface area contributed by atoms with Crippen molar-refractivity contribution in [3.05, 3.63) is 47.1 Å². The van der Waals surface area contributed by atoms with Crippen molar-refractivity contribution in [1.82, 2.24) is 15.2 Å². The Morgan fingerprint density at radius 2 is 2.26 bits per heavy atom. The SMILES string of the molecule is COC(=O)Cc1[nH]nc2ccc(Nc3cc(Cl)ncc3F)cc12. The zero-order valence-electron chi connectivity index (χ0n) is 12.1. The molecule has 2 aromatic heterocycles. The van der Waals surface area contributed by atoms with Crippen molar-refractivity contribution in [1.29, 1.82) is 0 Å². The minimum atomic E-state index is -0.517. The molecular weight excluding hydrogens is 323 g/mol. The van der Waals surface area contributed by atoms with E-state index in [2.05, 4.69) is 25.2 Å². The molecule has 0 unspecified atom stereocenters. The molecule has 0 aliphatic rings. The number of esters is 1. The van der Waals surface area contributed by atoms with Gasteiger partial charge in [0.15, 0.2) is 5.82 Å². The summed E-state index contributed by atoms with van der Waals surface area (Å²) in [7, 11) is 1.32. The van der Waals surface area contributed by atoms with Crippen LogP contribution >= 0.6 is 11.6 Å². The van der Waals surface area contributed by atoms with Gasteiger partial charge in [-0.1, -0.05) is 11.6 Å². The summed E-state index contributed by atoms with van der Waals surface area (Å²) in [6, 6.07) is 6.67. The van der Waals surface area contributed by atoms with Crippen molar-refractivity contribution in [3.63, 3.8) is 0 Å². The maximum atomic E-state index is 13.7. The van der Waals surface area contributed by atoms with Gasteiger partial charge in [-0.3, -0.25) is 9.89 Å². The lowest BCUT2D eigenvalue weighted by Gasteiger charge is -2.08. The number of aromatic nitrogens is 3. The molecule has 0 spiro atoms. The van der Waals surface area contributed by atoms with E-state index in [0.29, 0.717) is 16.9 Å². The minimum absolute atomic E-state index is 0.0753. The van der Waals surface area contributed by atoms with E-state index in [0.717, 1.165) is 11.6 Å². The van der Waals surface area contributed by atoms with Crippen molar-refractivity contribution in [2.24, 2.45) is 0 Å². The molecule has 0 aliphatic carbocycles. The lowest BCUT2D eigenvalue weighted by Crippen LogP contribution is -2.05. The van der Waals surface area contributed by atoms with Gasteiger partial charge in [-0.05, 0) is 18.2 Å². The molecule has 6 nitrogen and oxygen atoms in total. The molecule has 1 aromatic carbocycles. The van der Waals surface area contributed by atoms with Crippen LogP contribution in [0.4, 0.5) is 15.8 Å². The third kappa shape index (κ3) is 3.24. The highest BCUT2D eigenvalue weighted by Gasteiger charge is 2.12. The van der Waals surface area contributed by atoms with Gasteiger partial charge in [0.05, 0.1) is 36.6 Å². The van der Waals surface area contributed by atoms with Crippen molar-refractivity contribution in [2.75, 3.05) is 12.4 Å². The van der Waals surface area contributed by atoms with Crippen LogP contribution in [0.2, 0.25) is 5.15 Å². The number of carbonyl (C=O) groups is 1. The minimum Gasteiger partial charge on any atom is -0.469 e. The molecule has 0 aliphatic heterocycles. The normalized spacial score (nSPS) is 10.7. The average Bonchev–Trinajstić information content (AvgIpc) is 2.93. The lowest BCUT2D eigenvalue weighted by molar-refractivity contribution is -0.139. The van der Waals surface area contributed by atoms with Crippen molar-refractivity contribution < 1.29 is 13.9 Å². The zero-order valence-corrected chi connectivity index (χ0v) is 12.8. The number of halogens is 2. The molecule has 0 saturated carbocycles. The summed E-state index contributed by atoms with van der Waals surface area (Å²) in [4.78, 5) is 15.1. The van der Waals surface area contributed by atoms with E-state index in [1.54, 1.807) is 18.2 Å². The Morgan fingerprint density at radius 3 is 3.04 bits per heavy atom. The molecule has 3 aromatic rings. The Hall–Kier alpha value is -2.67. The number of pyridine rings is 1. The van der Waals surface area contributed by atoms with E-state index >= 15 is 0 Å². The molecule has 2 heterocycles. The van der Waals surface area contributed by atoms with Gasteiger partial charge >= 0.3 is 5.97 Å². The summed E-state index contributed by atoms with van der Waals surface area (Å²) in [6.07, 6.45) is 1.12. The maximum absolute atomic E-state index is 13.7. The topological polar surface area (TPSA) is 79.9 Å². The Morgan fingerprint density at radius 1 is 1.43 bits per heavy atom.